The van der Waals surface area contributed by atoms with Crippen molar-refractivity contribution < 1.29 is 9.53 Å². The van der Waals surface area contributed by atoms with Crippen LogP contribution in [0.4, 0.5) is 0 Å². The molecule has 3 nitrogen and oxygen atoms in total. The second kappa shape index (κ2) is 7.16. The summed E-state index contributed by atoms with van der Waals surface area (Å²) in [5.41, 5.74) is 2.80. The van der Waals surface area contributed by atoms with Gasteiger partial charge in [-0.05, 0) is 99.8 Å². The minimum Gasteiger partial charge on any atom is -0.483 e. The fraction of sp³-hybridized carbons (Fsp3) is 0.267. The summed E-state index contributed by atoms with van der Waals surface area (Å²) in [5.74, 6) is 0.802. The van der Waals surface area contributed by atoms with Crippen LogP contribution in [0.3, 0.4) is 0 Å². The van der Waals surface area contributed by atoms with E-state index in [0.717, 1.165) is 33.4 Å². The molecule has 2 rings (SSSR count). The fourth-order valence-electron chi connectivity index (χ4n) is 2.02. The molecule has 1 aromatic heterocycles. The Labute approximate surface area is 165 Å². The van der Waals surface area contributed by atoms with E-state index in [1.165, 1.54) is 0 Å². The highest BCUT2D eigenvalue weighted by Gasteiger charge is 2.16. The Morgan fingerprint density at radius 3 is 2.19 bits per heavy atom. The third-order valence-corrected chi connectivity index (χ3v) is 5.61. The Morgan fingerprint density at radius 1 is 1.14 bits per heavy atom. The number of aromatic nitrogens is 1. The molecule has 0 aliphatic heterocycles. The van der Waals surface area contributed by atoms with Gasteiger partial charge in [0, 0.05) is 27.6 Å². The Morgan fingerprint density at radius 2 is 1.71 bits per heavy atom. The van der Waals surface area contributed by atoms with Crippen molar-refractivity contribution in [2.75, 3.05) is 6.61 Å². The Bertz CT molecular complexity index is 684. The lowest BCUT2D eigenvalue weighted by atomic mass is 10.1. The Kier molecular flexibility index (Phi) is 5.97. The molecule has 112 valence electrons. The first-order chi connectivity index (χ1) is 9.81. The van der Waals surface area contributed by atoms with E-state index in [0.29, 0.717) is 0 Å². The molecule has 6 heteroatoms. The Hall–Kier alpha value is 0.160. The van der Waals surface area contributed by atoms with Gasteiger partial charge in [-0.15, -0.1) is 0 Å². The molecule has 2 aromatic rings. The summed E-state index contributed by atoms with van der Waals surface area (Å²) in [6.07, 6.45) is 0. The van der Waals surface area contributed by atoms with Crippen LogP contribution in [0.5, 0.6) is 5.75 Å². The van der Waals surface area contributed by atoms with Crippen molar-refractivity contribution in [3.05, 3.63) is 45.9 Å². The molecule has 0 aliphatic rings. The van der Waals surface area contributed by atoms with Crippen LogP contribution in [0.25, 0.3) is 0 Å². The number of hydrogen-bond acceptors (Lipinski definition) is 2. The molecule has 0 bridgehead atoms. The van der Waals surface area contributed by atoms with Gasteiger partial charge in [-0.1, -0.05) is 0 Å². The SMILES string of the molecule is Cc1cc(C(=O)COc2c(I)cc(I)cc2I)c(C)n1C. The minimum absolute atomic E-state index is 0.0151. The van der Waals surface area contributed by atoms with Crippen molar-refractivity contribution in [3.8, 4) is 5.75 Å². The van der Waals surface area contributed by atoms with Gasteiger partial charge in [0.25, 0.3) is 0 Å². The minimum atomic E-state index is 0.0151. The third-order valence-electron chi connectivity index (χ3n) is 3.39. The summed E-state index contributed by atoms with van der Waals surface area (Å²) in [7, 11) is 1.97. The van der Waals surface area contributed by atoms with Crippen molar-refractivity contribution in [2.24, 2.45) is 7.05 Å². The average Bonchev–Trinajstić information content (AvgIpc) is 2.65. The summed E-state index contributed by atoms with van der Waals surface area (Å²) < 4.78 is 11.0. The van der Waals surface area contributed by atoms with Crippen LogP contribution in [-0.4, -0.2) is 17.0 Å². The molecule has 1 aromatic carbocycles. The number of carbonyl (C=O) groups excluding carboxylic acids is 1. The van der Waals surface area contributed by atoms with E-state index in [1.807, 2.05) is 43.7 Å². The van der Waals surface area contributed by atoms with Crippen LogP contribution in [0.1, 0.15) is 21.7 Å². The van der Waals surface area contributed by atoms with Gasteiger partial charge in [0.15, 0.2) is 6.61 Å². The van der Waals surface area contributed by atoms with E-state index in [4.69, 9.17) is 4.74 Å². The zero-order chi connectivity index (χ0) is 15.7. The van der Waals surface area contributed by atoms with Crippen molar-refractivity contribution in [2.45, 2.75) is 13.8 Å². The first-order valence-electron chi connectivity index (χ1n) is 6.24. The number of nitrogens with zero attached hydrogens (tertiary/aromatic N) is 1. The normalized spacial score (nSPS) is 10.8. The number of ether oxygens (including phenoxy) is 1. The topological polar surface area (TPSA) is 31.2 Å². The van der Waals surface area contributed by atoms with Gasteiger partial charge < -0.3 is 9.30 Å². The first-order valence-corrected chi connectivity index (χ1v) is 9.48. The van der Waals surface area contributed by atoms with Crippen LogP contribution in [0, 0.1) is 24.6 Å². The predicted molar refractivity (Wildman–Crippen MR) is 109 cm³/mol. The van der Waals surface area contributed by atoms with E-state index in [2.05, 4.69) is 67.8 Å². The van der Waals surface area contributed by atoms with E-state index >= 15 is 0 Å². The molecule has 0 unspecified atom stereocenters. The number of rotatable bonds is 4. The molecule has 0 saturated heterocycles. The number of benzene rings is 1. The van der Waals surface area contributed by atoms with Crippen LogP contribution in [0.2, 0.25) is 0 Å². The summed E-state index contributed by atoms with van der Waals surface area (Å²) in [4.78, 5) is 12.3. The number of ketones is 1. The lowest BCUT2D eigenvalue weighted by molar-refractivity contribution is 0.0919. The van der Waals surface area contributed by atoms with Crippen molar-refractivity contribution >= 4 is 73.6 Å². The third kappa shape index (κ3) is 3.92. The predicted octanol–water partition coefficient (Wildman–Crippen LogP) is 4.72. The number of halogens is 3. The summed E-state index contributed by atoms with van der Waals surface area (Å²) >= 11 is 6.75. The first kappa shape index (κ1) is 17.5. The molecule has 0 radical (unpaired) electrons. The van der Waals surface area contributed by atoms with Crippen LogP contribution < -0.4 is 4.74 Å². The second-order valence-corrected chi connectivity index (χ2v) is 8.32. The largest absolute Gasteiger partial charge is 0.483 e. The number of carbonyl (C=O) groups is 1. The number of Topliss-reactive ketones (excluding diaryl/α,β-unsaturated/α-hetero) is 1. The molecule has 0 fully saturated rings. The maximum Gasteiger partial charge on any atom is 0.202 e. The summed E-state index contributed by atoms with van der Waals surface area (Å²) in [6, 6.07) is 6.01. The lowest BCUT2D eigenvalue weighted by Crippen LogP contribution is -2.13. The van der Waals surface area contributed by atoms with Gasteiger partial charge in [-0.2, -0.15) is 0 Å². The standard InChI is InChI=1S/C15H14I3NO2/c1-8-4-11(9(2)19(8)3)14(20)7-21-15-12(17)5-10(16)6-13(15)18/h4-6H,7H2,1-3H3. The smallest absolute Gasteiger partial charge is 0.202 e. The summed E-state index contributed by atoms with van der Waals surface area (Å²) in [6.45, 7) is 4.02. The van der Waals surface area contributed by atoms with Gasteiger partial charge in [0.2, 0.25) is 5.78 Å². The lowest BCUT2D eigenvalue weighted by Gasteiger charge is -2.10. The van der Waals surface area contributed by atoms with Crippen LogP contribution in [-0.2, 0) is 7.05 Å². The van der Waals surface area contributed by atoms with Crippen LogP contribution in [0.15, 0.2) is 18.2 Å². The molecule has 21 heavy (non-hydrogen) atoms. The van der Waals surface area contributed by atoms with E-state index in [9.17, 15) is 4.79 Å². The highest BCUT2D eigenvalue weighted by Crippen LogP contribution is 2.29. The van der Waals surface area contributed by atoms with Crippen LogP contribution >= 0.6 is 67.8 Å². The molecule has 0 spiro atoms. The maximum absolute atomic E-state index is 12.3. The van der Waals surface area contributed by atoms with Crippen molar-refractivity contribution in [1.29, 1.82) is 0 Å². The second-order valence-electron chi connectivity index (χ2n) is 4.75. The van der Waals surface area contributed by atoms with Gasteiger partial charge in [-0.25, -0.2) is 0 Å². The zero-order valence-corrected chi connectivity index (χ0v) is 18.3. The van der Waals surface area contributed by atoms with Gasteiger partial charge in [-0.3, -0.25) is 4.79 Å². The Balaban J connectivity index is 2.17. The van der Waals surface area contributed by atoms with Crippen molar-refractivity contribution in [1.82, 2.24) is 4.57 Å². The van der Waals surface area contributed by atoms with E-state index in [1.54, 1.807) is 0 Å². The molecule has 0 atom stereocenters. The monoisotopic (exact) mass is 621 g/mol. The van der Waals surface area contributed by atoms with Gasteiger partial charge in [0.1, 0.15) is 5.75 Å². The quantitative estimate of drug-likeness (QED) is 0.366. The molecule has 0 saturated carbocycles. The molecular formula is C15H14I3NO2. The molecule has 0 amide bonds. The molecular weight excluding hydrogens is 607 g/mol. The fourth-order valence-corrected chi connectivity index (χ4v) is 5.91. The van der Waals surface area contributed by atoms with Gasteiger partial charge in [0.05, 0.1) is 7.14 Å². The number of hydrogen-bond donors (Lipinski definition) is 0. The highest BCUT2D eigenvalue weighted by molar-refractivity contribution is 14.1. The maximum atomic E-state index is 12.3. The number of aryl methyl sites for hydroxylation is 1. The van der Waals surface area contributed by atoms with Crippen molar-refractivity contribution in [3.63, 3.8) is 0 Å². The van der Waals surface area contributed by atoms with Gasteiger partial charge >= 0.3 is 0 Å². The molecule has 1 heterocycles. The molecule has 0 aliphatic carbocycles. The zero-order valence-electron chi connectivity index (χ0n) is 11.8. The average molecular weight is 621 g/mol. The molecule has 0 N–H and O–H groups in total. The summed E-state index contributed by atoms with van der Waals surface area (Å²) in [5, 5.41) is 0. The van der Waals surface area contributed by atoms with E-state index in [-0.39, 0.29) is 12.4 Å². The highest BCUT2D eigenvalue weighted by atomic mass is 127. The van der Waals surface area contributed by atoms with E-state index < -0.39 is 0 Å².